The lowest BCUT2D eigenvalue weighted by molar-refractivity contribution is -0.840. The molecule has 0 radical (unpaired) electrons. The zero-order valence-corrected chi connectivity index (χ0v) is 23.6. The average molecular weight is 540 g/mol. The van der Waals surface area contributed by atoms with E-state index >= 15 is 0 Å². The van der Waals surface area contributed by atoms with E-state index in [0.717, 1.165) is 24.8 Å². The fourth-order valence-corrected chi connectivity index (χ4v) is 4.86. The Kier molecular flexibility index (Phi) is 8.37. The molecular formula is C29H40FN6O3+. The molecule has 2 aromatic rings. The summed E-state index contributed by atoms with van der Waals surface area (Å²) in [5.41, 5.74) is 1.35. The zero-order chi connectivity index (χ0) is 28.4. The number of pyridine rings is 1. The predicted molar refractivity (Wildman–Crippen MR) is 148 cm³/mol. The molecule has 4 rings (SSSR count). The van der Waals surface area contributed by atoms with Crippen molar-refractivity contribution in [2.75, 3.05) is 45.6 Å². The number of carbonyl (C=O) groups is 3. The molecule has 9 nitrogen and oxygen atoms in total. The maximum absolute atomic E-state index is 14.9. The van der Waals surface area contributed by atoms with E-state index < -0.39 is 5.82 Å². The molecule has 1 aliphatic carbocycles. The lowest BCUT2D eigenvalue weighted by Gasteiger charge is -2.40. The standard InChI is InChI=1S/C29H39FN6O3/c1-29(2,3)33-26(37)25-17-20(11-12-31-25)19-34-13-15-35(16-14-34)27(38)21-9-10-24(23(30)18-21)32-28(39)36(4,5)22-7-6-8-22/h9-12,17-18,22H,6-8,13-16,19H2,1-5H3,(H-,32,33,37,38,39)/p+1. The first kappa shape index (κ1) is 28.6. The van der Waals surface area contributed by atoms with Crippen LogP contribution in [0.4, 0.5) is 14.9 Å². The Labute approximate surface area is 230 Å². The van der Waals surface area contributed by atoms with Gasteiger partial charge in [0.05, 0.1) is 25.8 Å². The highest BCUT2D eigenvalue weighted by molar-refractivity contribution is 5.95. The van der Waals surface area contributed by atoms with E-state index in [1.807, 2.05) is 40.9 Å². The Hall–Kier alpha value is -3.37. The first-order valence-corrected chi connectivity index (χ1v) is 13.6. The van der Waals surface area contributed by atoms with E-state index in [-0.39, 0.29) is 45.2 Å². The number of rotatable bonds is 6. The third-order valence-electron chi connectivity index (χ3n) is 7.58. The maximum Gasteiger partial charge on any atom is 0.420 e. The van der Waals surface area contributed by atoms with Crippen LogP contribution in [0.25, 0.3) is 0 Å². The average Bonchev–Trinajstić information content (AvgIpc) is 2.83. The smallest absolute Gasteiger partial charge is 0.346 e. The van der Waals surface area contributed by atoms with Crippen LogP contribution in [0.3, 0.4) is 0 Å². The predicted octanol–water partition coefficient (Wildman–Crippen LogP) is 3.87. The van der Waals surface area contributed by atoms with Crippen molar-refractivity contribution >= 4 is 23.5 Å². The molecule has 1 saturated carbocycles. The van der Waals surface area contributed by atoms with Crippen LogP contribution in [0.2, 0.25) is 0 Å². The molecule has 10 heteroatoms. The fraction of sp³-hybridized carbons (Fsp3) is 0.517. The molecule has 2 N–H and O–H groups in total. The molecule has 0 atom stereocenters. The molecule has 0 unspecified atom stereocenters. The van der Waals surface area contributed by atoms with E-state index in [1.54, 1.807) is 23.2 Å². The van der Waals surface area contributed by atoms with Gasteiger partial charge in [-0.25, -0.2) is 13.7 Å². The van der Waals surface area contributed by atoms with Crippen molar-refractivity contribution in [3.05, 3.63) is 59.2 Å². The Morgan fingerprint density at radius 2 is 1.74 bits per heavy atom. The summed E-state index contributed by atoms with van der Waals surface area (Å²) in [6.45, 7) is 8.74. The van der Waals surface area contributed by atoms with Gasteiger partial charge in [0.1, 0.15) is 11.5 Å². The van der Waals surface area contributed by atoms with Crippen molar-refractivity contribution < 1.29 is 23.3 Å². The number of anilines is 1. The maximum atomic E-state index is 14.9. The molecular weight excluding hydrogens is 499 g/mol. The minimum atomic E-state index is -0.620. The van der Waals surface area contributed by atoms with Crippen molar-refractivity contribution in [3.8, 4) is 0 Å². The molecule has 4 amide bonds. The van der Waals surface area contributed by atoms with Crippen LogP contribution in [0.1, 0.15) is 66.4 Å². The van der Waals surface area contributed by atoms with Gasteiger partial charge in [0, 0.05) is 62.9 Å². The lowest BCUT2D eigenvalue weighted by Crippen LogP contribution is -2.57. The summed E-state index contributed by atoms with van der Waals surface area (Å²) in [6, 6.07) is 7.92. The number of urea groups is 1. The number of aromatic nitrogens is 1. The monoisotopic (exact) mass is 539 g/mol. The number of carbonyl (C=O) groups excluding carboxylic acids is 3. The number of hydrogen-bond acceptors (Lipinski definition) is 5. The first-order chi connectivity index (χ1) is 18.3. The highest BCUT2D eigenvalue weighted by Gasteiger charge is 2.40. The molecule has 1 aromatic heterocycles. The van der Waals surface area contributed by atoms with Gasteiger partial charge in [-0.15, -0.1) is 0 Å². The van der Waals surface area contributed by atoms with Crippen LogP contribution in [-0.4, -0.2) is 89.0 Å². The molecule has 2 aliphatic rings. The van der Waals surface area contributed by atoms with Gasteiger partial charge in [-0.3, -0.25) is 24.8 Å². The quantitative estimate of drug-likeness (QED) is 0.544. The van der Waals surface area contributed by atoms with E-state index in [4.69, 9.17) is 0 Å². The summed E-state index contributed by atoms with van der Waals surface area (Å²) < 4.78 is 15.0. The number of quaternary nitrogens is 1. The largest absolute Gasteiger partial charge is 0.420 e. The summed E-state index contributed by atoms with van der Waals surface area (Å²) in [5.74, 6) is -1.06. The highest BCUT2D eigenvalue weighted by atomic mass is 19.1. The third kappa shape index (κ3) is 6.99. The highest BCUT2D eigenvalue weighted by Crippen LogP contribution is 2.29. The van der Waals surface area contributed by atoms with E-state index in [2.05, 4.69) is 20.5 Å². The van der Waals surface area contributed by atoms with Crippen LogP contribution in [0.5, 0.6) is 0 Å². The molecule has 1 aromatic carbocycles. The SMILES string of the molecule is CC(C)(C)NC(=O)c1cc(CN2CCN(C(=O)c3ccc(NC(=O)[N+](C)(C)C4CCC4)c(F)c3)CC2)ccn1. The second-order valence-corrected chi connectivity index (χ2v) is 12.1. The van der Waals surface area contributed by atoms with Gasteiger partial charge in [-0.2, -0.15) is 0 Å². The Morgan fingerprint density at radius 1 is 1.05 bits per heavy atom. The normalized spacial score (nSPS) is 16.9. The molecule has 210 valence electrons. The number of piperazine rings is 1. The zero-order valence-electron chi connectivity index (χ0n) is 23.6. The van der Waals surface area contributed by atoms with E-state index in [1.165, 1.54) is 12.1 Å². The molecule has 0 spiro atoms. The van der Waals surface area contributed by atoms with Gasteiger partial charge >= 0.3 is 6.03 Å². The minimum Gasteiger partial charge on any atom is -0.346 e. The van der Waals surface area contributed by atoms with Crippen molar-refractivity contribution in [1.29, 1.82) is 0 Å². The second-order valence-electron chi connectivity index (χ2n) is 12.1. The van der Waals surface area contributed by atoms with E-state index in [9.17, 15) is 18.8 Å². The molecule has 1 saturated heterocycles. The Bertz CT molecular complexity index is 1230. The van der Waals surface area contributed by atoms with Gasteiger partial charge in [0.15, 0.2) is 0 Å². The van der Waals surface area contributed by atoms with Crippen LogP contribution in [-0.2, 0) is 6.54 Å². The molecule has 39 heavy (non-hydrogen) atoms. The van der Waals surface area contributed by atoms with Gasteiger partial charge in [0.25, 0.3) is 11.8 Å². The number of hydrogen-bond donors (Lipinski definition) is 2. The van der Waals surface area contributed by atoms with Crippen LogP contribution in [0.15, 0.2) is 36.5 Å². The molecule has 0 bridgehead atoms. The second kappa shape index (κ2) is 11.4. The molecule has 1 aliphatic heterocycles. The van der Waals surface area contributed by atoms with Crippen molar-refractivity contribution in [1.82, 2.24) is 20.1 Å². The summed E-state index contributed by atoms with van der Waals surface area (Å²) in [7, 11) is 3.68. The van der Waals surface area contributed by atoms with Crippen molar-refractivity contribution in [3.63, 3.8) is 0 Å². The van der Waals surface area contributed by atoms with Gasteiger partial charge in [-0.05, 0) is 63.1 Å². The number of amides is 4. The lowest BCUT2D eigenvalue weighted by atomic mass is 9.90. The van der Waals surface area contributed by atoms with Crippen LogP contribution < -0.4 is 10.6 Å². The fourth-order valence-electron chi connectivity index (χ4n) is 4.86. The minimum absolute atomic E-state index is 0.0831. The summed E-state index contributed by atoms with van der Waals surface area (Å²) in [5, 5.41) is 5.62. The molecule has 2 fully saturated rings. The van der Waals surface area contributed by atoms with Crippen LogP contribution >= 0.6 is 0 Å². The first-order valence-electron chi connectivity index (χ1n) is 13.6. The summed E-state index contributed by atoms with van der Waals surface area (Å²) in [4.78, 5) is 46.4. The third-order valence-corrected chi connectivity index (χ3v) is 7.58. The number of nitrogens with zero attached hydrogens (tertiary/aromatic N) is 4. The Morgan fingerprint density at radius 3 is 2.33 bits per heavy atom. The summed E-state index contributed by atoms with van der Waals surface area (Å²) in [6.07, 6.45) is 4.73. The Balaban J connectivity index is 1.31. The van der Waals surface area contributed by atoms with Crippen LogP contribution in [0, 0.1) is 5.82 Å². The van der Waals surface area contributed by atoms with E-state index in [0.29, 0.717) is 38.4 Å². The number of benzene rings is 1. The van der Waals surface area contributed by atoms with Gasteiger partial charge in [-0.1, -0.05) is 0 Å². The van der Waals surface area contributed by atoms with Crippen molar-refractivity contribution in [2.45, 2.75) is 58.2 Å². The molecule has 2 heterocycles. The topological polar surface area (TPSA) is 94.6 Å². The number of halogens is 1. The van der Waals surface area contributed by atoms with Gasteiger partial charge < -0.3 is 10.2 Å². The number of nitrogens with one attached hydrogen (secondary N) is 2. The summed E-state index contributed by atoms with van der Waals surface area (Å²) >= 11 is 0. The van der Waals surface area contributed by atoms with Crippen molar-refractivity contribution in [2.24, 2.45) is 0 Å². The van der Waals surface area contributed by atoms with Gasteiger partial charge in [0.2, 0.25) is 0 Å².